The van der Waals surface area contributed by atoms with Crippen LogP contribution in [0, 0.1) is 0 Å². The van der Waals surface area contributed by atoms with Gasteiger partial charge in [0.2, 0.25) is 0 Å². The highest BCUT2D eigenvalue weighted by molar-refractivity contribution is 5.85. The zero-order valence-electron chi connectivity index (χ0n) is 14.5. The lowest BCUT2D eigenvalue weighted by Gasteiger charge is -2.35. The van der Waals surface area contributed by atoms with Crippen LogP contribution >= 0.6 is 24.8 Å². The van der Waals surface area contributed by atoms with Crippen molar-refractivity contribution in [2.45, 2.75) is 18.9 Å². The smallest absolute Gasteiger partial charge is 0.129 e. The van der Waals surface area contributed by atoms with Crippen molar-refractivity contribution in [3.05, 3.63) is 48.8 Å². The number of nitrogens with zero attached hydrogens (tertiary/aromatic N) is 5. The summed E-state index contributed by atoms with van der Waals surface area (Å²) in [6.07, 6.45) is 6.55. The molecular formula is C19H23Cl2N5. The fourth-order valence-electron chi connectivity index (χ4n) is 3.60. The van der Waals surface area contributed by atoms with Gasteiger partial charge in [-0.1, -0.05) is 0 Å². The Labute approximate surface area is 165 Å². The maximum absolute atomic E-state index is 4.88. The van der Waals surface area contributed by atoms with Gasteiger partial charge >= 0.3 is 0 Å². The molecule has 0 N–H and O–H groups in total. The van der Waals surface area contributed by atoms with Crippen molar-refractivity contribution in [3.63, 3.8) is 0 Å². The molecule has 26 heavy (non-hydrogen) atoms. The Hall–Kier alpha value is -1.82. The third-order valence-electron chi connectivity index (χ3n) is 5.13. The van der Waals surface area contributed by atoms with Gasteiger partial charge in [0, 0.05) is 50.0 Å². The van der Waals surface area contributed by atoms with Crippen LogP contribution < -0.4 is 4.90 Å². The molecule has 0 amide bonds. The van der Waals surface area contributed by atoms with E-state index in [4.69, 9.17) is 4.98 Å². The molecule has 2 fully saturated rings. The molecule has 2 aromatic heterocycles. The van der Waals surface area contributed by atoms with Gasteiger partial charge in [-0.3, -0.25) is 4.90 Å². The second-order valence-corrected chi connectivity index (χ2v) is 6.75. The summed E-state index contributed by atoms with van der Waals surface area (Å²) in [6, 6.07) is 13.5. The Bertz CT molecular complexity index is 856. The predicted molar refractivity (Wildman–Crippen MR) is 110 cm³/mol. The molecule has 1 aliphatic carbocycles. The van der Waals surface area contributed by atoms with Crippen molar-refractivity contribution in [1.29, 1.82) is 0 Å². The molecule has 0 spiro atoms. The lowest BCUT2D eigenvalue weighted by molar-refractivity contribution is 0.247. The standard InChI is InChI=1S/C19H21N5.2ClH/c1-8-20-24(9-1)17-5-6-18-15(14-17)2-7-19(21-18)23-12-10-22(11-13-23)16-3-4-16;;/h1-2,5-9,14,16H,3-4,10-13H2;2*1H. The second-order valence-electron chi connectivity index (χ2n) is 6.75. The number of hydrogen-bond donors (Lipinski definition) is 0. The third kappa shape index (κ3) is 3.65. The van der Waals surface area contributed by atoms with Gasteiger partial charge in [-0.15, -0.1) is 24.8 Å². The largest absolute Gasteiger partial charge is 0.354 e. The Balaban J connectivity index is 0.000000980. The van der Waals surface area contributed by atoms with Gasteiger partial charge in [-0.2, -0.15) is 5.10 Å². The molecule has 5 nitrogen and oxygen atoms in total. The minimum atomic E-state index is 0. The highest BCUT2D eigenvalue weighted by Crippen LogP contribution is 2.28. The van der Waals surface area contributed by atoms with E-state index in [0.29, 0.717) is 0 Å². The van der Waals surface area contributed by atoms with Gasteiger partial charge in [0.15, 0.2) is 0 Å². The van der Waals surface area contributed by atoms with E-state index >= 15 is 0 Å². The van der Waals surface area contributed by atoms with E-state index in [1.54, 1.807) is 6.20 Å². The van der Waals surface area contributed by atoms with Crippen LogP contribution in [-0.4, -0.2) is 51.9 Å². The van der Waals surface area contributed by atoms with Crippen LogP contribution in [0.4, 0.5) is 5.82 Å². The fourth-order valence-corrected chi connectivity index (χ4v) is 3.60. The summed E-state index contributed by atoms with van der Waals surface area (Å²) < 4.78 is 1.88. The summed E-state index contributed by atoms with van der Waals surface area (Å²) in [5, 5.41) is 5.45. The minimum absolute atomic E-state index is 0. The molecule has 0 atom stereocenters. The summed E-state index contributed by atoms with van der Waals surface area (Å²) in [6.45, 7) is 4.51. The highest BCUT2D eigenvalue weighted by atomic mass is 35.5. The number of benzene rings is 1. The molecule has 3 heterocycles. The van der Waals surface area contributed by atoms with Crippen molar-refractivity contribution in [3.8, 4) is 5.69 Å². The van der Waals surface area contributed by atoms with Crippen molar-refractivity contribution in [2.24, 2.45) is 0 Å². The van der Waals surface area contributed by atoms with Crippen LogP contribution in [0.15, 0.2) is 48.8 Å². The Kier molecular flexibility index (Phi) is 5.70. The fraction of sp³-hybridized carbons (Fsp3) is 0.368. The van der Waals surface area contributed by atoms with Gasteiger partial charge in [0.25, 0.3) is 0 Å². The molecule has 0 bridgehead atoms. The Morgan fingerprint density at radius 1 is 0.923 bits per heavy atom. The molecule has 3 aromatic rings. The maximum Gasteiger partial charge on any atom is 0.129 e. The average Bonchev–Trinajstić information content (AvgIpc) is 3.35. The molecule has 1 aromatic carbocycles. The molecule has 0 radical (unpaired) electrons. The van der Waals surface area contributed by atoms with E-state index in [1.165, 1.54) is 25.9 Å². The van der Waals surface area contributed by atoms with Crippen LogP contribution in [0.1, 0.15) is 12.8 Å². The molecular weight excluding hydrogens is 369 g/mol. The number of anilines is 1. The predicted octanol–water partition coefficient (Wildman–Crippen LogP) is 3.55. The third-order valence-corrected chi connectivity index (χ3v) is 5.13. The summed E-state index contributed by atoms with van der Waals surface area (Å²) in [5.41, 5.74) is 2.12. The van der Waals surface area contributed by atoms with Crippen LogP contribution in [0.2, 0.25) is 0 Å². The van der Waals surface area contributed by atoms with Crippen LogP contribution in [0.5, 0.6) is 0 Å². The number of hydrogen-bond acceptors (Lipinski definition) is 4. The summed E-state index contributed by atoms with van der Waals surface area (Å²) in [5.74, 6) is 1.10. The normalized spacial score (nSPS) is 17.6. The Morgan fingerprint density at radius 3 is 2.42 bits per heavy atom. The zero-order chi connectivity index (χ0) is 15.9. The first-order valence-corrected chi connectivity index (χ1v) is 8.77. The molecule has 0 unspecified atom stereocenters. The lowest BCUT2D eigenvalue weighted by atomic mass is 10.2. The van der Waals surface area contributed by atoms with Gasteiger partial charge < -0.3 is 4.90 Å². The van der Waals surface area contributed by atoms with Gasteiger partial charge in [-0.25, -0.2) is 9.67 Å². The van der Waals surface area contributed by atoms with Crippen LogP contribution in [0.25, 0.3) is 16.6 Å². The van der Waals surface area contributed by atoms with Crippen LogP contribution in [0.3, 0.4) is 0 Å². The highest BCUT2D eigenvalue weighted by Gasteiger charge is 2.31. The lowest BCUT2D eigenvalue weighted by Crippen LogP contribution is -2.47. The molecule has 7 heteroatoms. The van der Waals surface area contributed by atoms with Gasteiger partial charge in [-0.05, 0) is 49.2 Å². The summed E-state index contributed by atoms with van der Waals surface area (Å²) in [7, 11) is 0. The molecule has 138 valence electrons. The minimum Gasteiger partial charge on any atom is -0.354 e. The SMILES string of the molecule is Cl.Cl.c1cnn(-c2ccc3nc(N4CCN(C5CC5)CC4)ccc3c2)c1. The summed E-state index contributed by atoms with van der Waals surface area (Å²) in [4.78, 5) is 9.93. The first kappa shape index (κ1) is 19.0. The van der Waals surface area contributed by atoms with Crippen molar-refractivity contribution >= 4 is 41.5 Å². The topological polar surface area (TPSA) is 37.2 Å². The molecule has 2 aliphatic rings. The second kappa shape index (κ2) is 7.82. The number of aromatic nitrogens is 3. The first-order valence-electron chi connectivity index (χ1n) is 8.77. The molecule has 1 saturated heterocycles. The van der Waals surface area contributed by atoms with E-state index < -0.39 is 0 Å². The first-order chi connectivity index (χ1) is 11.9. The van der Waals surface area contributed by atoms with E-state index in [0.717, 1.165) is 41.5 Å². The number of piperazine rings is 1. The quantitative estimate of drug-likeness (QED) is 0.683. The zero-order valence-corrected chi connectivity index (χ0v) is 16.1. The molecule has 1 saturated carbocycles. The Morgan fingerprint density at radius 2 is 1.73 bits per heavy atom. The van der Waals surface area contributed by atoms with Crippen molar-refractivity contribution < 1.29 is 0 Å². The van der Waals surface area contributed by atoms with E-state index in [1.807, 2.05) is 16.9 Å². The molecule has 1 aliphatic heterocycles. The van der Waals surface area contributed by atoms with Gasteiger partial charge in [0.05, 0.1) is 11.2 Å². The van der Waals surface area contributed by atoms with E-state index in [9.17, 15) is 0 Å². The maximum atomic E-state index is 4.88. The van der Waals surface area contributed by atoms with Crippen LogP contribution in [-0.2, 0) is 0 Å². The van der Waals surface area contributed by atoms with Crippen molar-refractivity contribution in [1.82, 2.24) is 19.7 Å². The summed E-state index contributed by atoms with van der Waals surface area (Å²) >= 11 is 0. The van der Waals surface area contributed by atoms with Crippen molar-refractivity contribution in [2.75, 3.05) is 31.1 Å². The van der Waals surface area contributed by atoms with E-state index in [2.05, 4.69) is 45.2 Å². The number of fused-ring (bicyclic) bond motifs is 1. The number of rotatable bonds is 3. The van der Waals surface area contributed by atoms with Gasteiger partial charge in [0.1, 0.15) is 5.82 Å². The number of halogens is 2. The molecule has 5 rings (SSSR count). The monoisotopic (exact) mass is 391 g/mol. The number of pyridine rings is 1. The van der Waals surface area contributed by atoms with E-state index in [-0.39, 0.29) is 24.8 Å². The average molecular weight is 392 g/mol.